The molecule has 0 atom stereocenters. The summed E-state index contributed by atoms with van der Waals surface area (Å²) >= 11 is 0. The number of benzene rings is 1. The highest BCUT2D eigenvalue weighted by molar-refractivity contribution is 5.47. The molecule has 94 valence electrons. The van der Waals surface area contributed by atoms with Crippen molar-refractivity contribution in [3.05, 3.63) is 29.8 Å². The molecule has 0 unspecified atom stereocenters. The van der Waals surface area contributed by atoms with Crippen molar-refractivity contribution in [2.45, 2.75) is 0 Å². The molecule has 1 aromatic carbocycles. The number of hydrogen-bond donors (Lipinski definition) is 1. The van der Waals surface area contributed by atoms with E-state index in [2.05, 4.69) is 0 Å². The van der Waals surface area contributed by atoms with Crippen molar-refractivity contribution in [1.82, 2.24) is 0 Å². The van der Waals surface area contributed by atoms with E-state index in [1.165, 1.54) is 12.1 Å². The van der Waals surface area contributed by atoms with Gasteiger partial charge in [0, 0.05) is 19.7 Å². The minimum Gasteiger partial charge on any atom is -0.396 e. The van der Waals surface area contributed by atoms with Crippen LogP contribution in [-0.4, -0.2) is 38.5 Å². The van der Waals surface area contributed by atoms with Crippen LogP contribution in [0.15, 0.2) is 18.2 Å². The highest BCUT2D eigenvalue weighted by Crippen LogP contribution is 2.30. The smallest absolute Gasteiger partial charge is 0.149 e. The molecular weight excluding hydrogens is 228 g/mol. The molecule has 3 nitrogen and oxygen atoms in total. The summed E-state index contributed by atoms with van der Waals surface area (Å²) in [5.74, 6) is -1.19. The van der Waals surface area contributed by atoms with Crippen LogP contribution in [0, 0.1) is 17.0 Å². The molecule has 17 heavy (non-hydrogen) atoms. The Kier molecular flexibility index (Phi) is 3.31. The molecule has 0 amide bonds. The van der Waals surface area contributed by atoms with Gasteiger partial charge in [-0.25, -0.2) is 8.78 Å². The lowest BCUT2D eigenvalue weighted by atomic mass is 9.86. The van der Waals surface area contributed by atoms with E-state index in [9.17, 15) is 13.9 Å². The number of ether oxygens (including phenoxy) is 1. The summed E-state index contributed by atoms with van der Waals surface area (Å²) in [4.78, 5) is 1.67. The Morgan fingerprint density at radius 2 is 2.12 bits per heavy atom. The zero-order valence-electron chi connectivity index (χ0n) is 9.62. The molecular formula is C12H15F2NO2. The molecule has 0 bridgehead atoms. The van der Waals surface area contributed by atoms with Gasteiger partial charge in [-0.1, -0.05) is 0 Å². The number of halogens is 2. The number of rotatable bonds is 4. The zero-order chi connectivity index (χ0) is 12.5. The largest absolute Gasteiger partial charge is 0.396 e. The fraction of sp³-hybridized carbons (Fsp3) is 0.500. The molecule has 0 spiro atoms. The first kappa shape index (κ1) is 12.3. The minimum atomic E-state index is -0.596. The summed E-state index contributed by atoms with van der Waals surface area (Å²) in [5, 5.41) is 9.29. The highest BCUT2D eigenvalue weighted by Gasteiger charge is 2.39. The second-order valence-electron chi connectivity index (χ2n) is 4.60. The van der Waals surface area contributed by atoms with Crippen LogP contribution in [0.25, 0.3) is 0 Å². The summed E-state index contributed by atoms with van der Waals surface area (Å²) in [6.45, 7) is 1.42. The van der Waals surface area contributed by atoms with E-state index in [0.29, 0.717) is 25.4 Å². The van der Waals surface area contributed by atoms with Gasteiger partial charge in [0.1, 0.15) is 11.6 Å². The molecule has 1 aliphatic heterocycles. The number of hydrogen-bond acceptors (Lipinski definition) is 3. The summed E-state index contributed by atoms with van der Waals surface area (Å²) in [6, 6.07) is 3.47. The first-order chi connectivity index (χ1) is 8.06. The average molecular weight is 243 g/mol. The lowest BCUT2D eigenvalue weighted by Gasteiger charge is -2.42. The van der Waals surface area contributed by atoms with Crippen molar-refractivity contribution in [2.24, 2.45) is 5.41 Å². The Morgan fingerprint density at radius 1 is 1.41 bits per heavy atom. The fourth-order valence-corrected chi connectivity index (χ4v) is 2.00. The Bertz CT molecular complexity index is 402. The first-order valence-corrected chi connectivity index (χ1v) is 5.41. The van der Waals surface area contributed by atoms with Gasteiger partial charge in [-0.15, -0.1) is 0 Å². The van der Waals surface area contributed by atoms with Crippen molar-refractivity contribution < 1.29 is 18.6 Å². The average Bonchev–Trinajstić information content (AvgIpc) is 2.23. The van der Waals surface area contributed by atoms with Gasteiger partial charge in [-0.05, 0) is 12.1 Å². The van der Waals surface area contributed by atoms with Crippen LogP contribution in [-0.2, 0) is 4.74 Å². The van der Waals surface area contributed by atoms with Crippen LogP contribution < -0.4 is 4.90 Å². The summed E-state index contributed by atoms with van der Waals surface area (Å²) in [7, 11) is 1.71. The van der Waals surface area contributed by atoms with Gasteiger partial charge < -0.3 is 14.7 Å². The normalized spacial score (nSPS) is 17.6. The van der Waals surface area contributed by atoms with Gasteiger partial charge in [-0.2, -0.15) is 0 Å². The molecule has 2 rings (SSSR count). The number of nitrogens with zero attached hydrogens (tertiary/aromatic N) is 1. The maximum Gasteiger partial charge on any atom is 0.149 e. The van der Waals surface area contributed by atoms with Crippen LogP contribution in [0.3, 0.4) is 0 Å². The molecule has 1 aromatic rings. The van der Waals surface area contributed by atoms with E-state index in [-0.39, 0.29) is 12.0 Å². The van der Waals surface area contributed by atoms with E-state index < -0.39 is 11.6 Å². The van der Waals surface area contributed by atoms with Crippen LogP contribution in [0.5, 0.6) is 0 Å². The SMILES string of the molecule is CN(CC1(CO)COC1)c1ccc(F)cc1F. The van der Waals surface area contributed by atoms with Gasteiger partial charge in [-0.3, -0.25) is 0 Å². The lowest BCUT2D eigenvalue weighted by molar-refractivity contribution is -0.130. The van der Waals surface area contributed by atoms with Gasteiger partial charge in [0.25, 0.3) is 0 Å². The second kappa shape index (κ2) is 4.58. The maximum absolute atomic E-state index is 13.5. The molecule has 1 aliphatic rings. The Hall–Kier alpha value is -1.20. The third kappa shape index (κ3) is 2.40. The van der Waals surface area contributed by atoms with Crippen LogP contribution >= 0.6 is 0 Å². The van der Waals surface area contributed by atoms with Crippen molar-refractivity contribution >= 4 is 5.69 Å². The van der Waals surface area contributed by atoms with Crippen LogP contribution in [0.1, 0.15) is 0 Å². The predicted molar refractivity (Wildman–Crippen MR) is 60.0 cm³/mol. The van der Waals surface area contributed by atoms with Crippen molar-refractivity contribution in [1.29, 1.82) is 0 Å². The van der Waals surface area contributed by atoms with E-state index >= 15 is 0 Å². The zero-order valence-corrected chi connectivity index (χ0v) is 9.62. The third-order valence-electron chi connectivity index (χ3n) is 3.05. The molecule has 0 saturated carbocycles. The molecule has 1 saturated heterocycles. The Labute approximate surface area is 98.6 Å². The Balaban J connectivity index is 2.11. The fourth-order valence-electron chi connectivity index (χ4n) is 2.00. The van der Waals surface area contributed by atoms with E-state index in [1.54, 1.807) is 11.9 Å². The number of anilines is 1. The molecule has 0 radical (unpaired) electrons. The van der Waals surface area contributed by atoms with Gasteiger partial charge >= 0.3 is 0 Å². The van der Waals surface area contributed by atoms with E-state index in [1.807, 2.05) is 0 Å². The maximum atomic E-state index is 13.5. The number of aliphatic hydroxyl groups excluding tert-OH is 1. The second-order valence-corrected chi connectivity index (χ2v) is 4.60. The first-order valence-electron chi connectivity index (χ1n) is 5.41. The molecule has 0 aromatic heterocycles. The lowest BCUT2D eigenvalue weighted by Crippen LogP contribution is -2.52. The van der Waals surface area contributed by atoms with Crippen molar-refractivity contribution in [2.75, 3.05) is 38.3 Å². The summed E-state index contributed by atoms with van der Waals surface area (Å²) in [5.41, 5.74) is 0.00128. The van der Waals surface area contributed by atoms with Gasteiger partial charge in [0.05, 0.1) is 30.9 Å². The minimum absolute atomic E-state index is 0.000153. The molecule has 1 heterocycles. The quantitative estimate of drug-likeness (QED) is 0.868. The highest BCUT2D eigenvalue weighted by atomic mass is 19.1. The monoisotopic (exact) mass is 243 g/mol. The standard InChI is InChI=1S/C12H15F2NO2/c1-15(5-12(6-16)7-17-8-12)11-3-2-9(13)4-10(11)14/h2-4,16H,5-8H2,1H3. The van der Waals surface area contributed by atoms with E-state index in [0.717, 1.165) is 6.07 Å². The van der Waals surface area contributed by atoms with Crippen molar-refractivity contribution in [3.8, 4) is 0 Å². The number of aliphatic hydroxyl groups is 1. The van der Waals surface area contributed by atoms with Crippen molar-refractivity contribution in [3.63, 3.8) is 0 Å². The topological polar surface area (TPSA) is 32.7 Å². The van der Waals surface area contributed by atoms with E-state index in [4.69, 9.17) is 4.74 Å². The van der Waals surface area contributed by atoms with Gasteiger partial charge in [0.2, 0.25) is 0 Å². The molecule has 1 fully saturated rings. The molecule has 0 aliphatic carbocycles. The van der Waals surface area contributed by atoms with Gasteiger partial charge in [0.15, 0.2) is 0 Å². The van der Waals surface area contributed by atoms with Crippen LogP contribution in [0.4, 0.5) is 14.5 Å². The molecule has 1 N–H and O–H groups in total. The summed E-state index contributed by atoms with van der Waals surface area (Å²) in [6.07, 6.45) is 0. The third-order valence-corrected chi connectivity index (χ3v) is 3.05. The Morgan fingerprint density at radius 3 is 2.59 bits per heavy atom. The van der Waals surface area contributed by atoms with Crippen LogP contribution in [0.2, 0.25) is 0 Å². The summed E-state index contributed by atoms with van der Waals surface area (Å²) < 4.78 is 31.4. The molecule has 5 heteroatoms. The predicted octanol–water partition coefficient (Wildman–Crippen LogP) is 1.41.